The minimum absolute atomic E-state index is 0.258. The maximum absolute atomic E-state index is 9.31. The van der Waals surface area contributed by atoms with Crippen molar-refractivity contribution in [2.45, 2.75) is 19.8 Å². The summed E-state index contributed by atoms with van der Waals surface area (Å²) in [5.41, 5.74) is 2.88. The van der Waals surface area contributed by atoms with E-state index in [4.69, 9.17) is 0 Å². The van der Waals surface area contributed by atoms with Crippen molar-refractivity contribution in [3.63, 3.8) is 0 Å². The predicted molar refractivity (Wildman–Crippen MR) is 67.5 cm³/mol. The SMILES string of the molecule is CC1=NC(C)=C(C#N)C(c2cccnc2)C1C#N. The number of nitriles is 2. The average Bonchev–Trinajstić information content (AvgIpc) is 2.39. The van der Waals surface area contributed by atoms with E-state index >= 15 is 0 Å². The second kappa shape index (κ2) is 4.81. The third-order valence-electron chi connectivity index (χ3n) is 3.13. The molecule has 1 aliphatic heterocycles. The van der Waals surface area contributed by atoms with E-state index in [1.807, 2.05) is 19.1 Å². The quantitative estimate of drug-likeness (QED) is 0.752. The van der Waals surface area contributed by atoms with Gasteiger partial charge in [-0.25, -0.2) is 0 Å². The summed E-state index contributed by atoms with van der Waals surface area (Å²) in [4.78, 5) is 8.36. The molecule has 4 heteroatoms. The van der Waals surface area contributed by atoms with Crippen LogP contribution in [0.4, 0.5) is 0 Å². The third kappa shape index (κ3) is 1.89. The molecule has 2 rings (SSSR count). The highest BCUT2D eigenvalue weighted by molar-refractivity contribution is 5.90. The fourth-order valence-electron chi connectivity index (χ4n) is 2.26. The molecule has 4 nitrogen and oxygen atoms in total. The van der Waals surface area contributed by atoms with Crippen LogP contribution < -0.4 is 0 Å². The van der Waals surface area contributed by atoms with Gasteiger partial charge in [-0.15, -0.1) is 0 Å². The average molecular weight is 236 g/mol. The molecule has 0 N–H and O–H groups in total. The Hall–Kier alpha value is -2.46. The first kappa shape index (κ1) is 12.0. The van der Waals surface area contributed by atoms with E-state index in [-0.39, 0.29) is 5.92 Å². The maximum Gasteiger partial charge on any atom is 0.0973 e. The van der Waals surface area contributed by atoms with Gasteiger partial charge in [-0.1, -0.05) is 6.07 Å². The van der Waals surface area contributed by atoms with Crippen LogP contribution in [-0.2, 0) is 0 Å². The number of rotatable bonds is 1. The fraction of sp³-hybridized carbons (Fsp3) is 0.286. The number of allylic oxidation sites excluding steroid dienone is 2. The second-order valence-corrected chi connectivity index (χ2v) is 4.23. The van der Waals surface area contributed by atoms with E-state index in [0.29, 0.717) is 11.3 Å². The largest absolute Gasteiger partial charge is 0.264 e. The van der Waals surface area contributed by atoms with Gasteiger partial charge in [-0.2, -0.15) is 10.5 Å². The zero-order valence-corrected chi connectivity index (χ0v) is 10.3. The molecular weight excluding hydrogens is 224 g/mol. The summed E-state index contributed by atoms with van der Waals surface area (Å²) in [7, 11) is 0. The summed E-state index contributed by atoms with van der Waals surface area (Å²) in [5, 5.41) is 18.6. The van der Waals surface area contributed by atoms with E-state index in [1.54, 1.807) is 19.3 Å². The van der Waals surface area contributed by atoms with E-state index < -0.39 is 5.92 Å². The molecule has 2 unspecified atom stereocenters. The molecule has 1 aromatic rings. The molecule has 0 amide bonds. The van der Waals surface area contributed by atoms with Crippen LogP contribution in [0.25, 0.3) is 0 Å². The summed E-state index contributed by atoms with van der Waals surface area (Å²) >= 11 is 0. The normalized spacial score (nSPS) is 23.0. The molecule has 0 bridgehead atoms. The lowest BCUT2D eigenvalue weighted by molar-refractivity contribution is 0.700. The Balaban J connectivity index is 2.60. The molecule has 2 atom stereocenters. The first-order chi connectivity index (χ1) is 8.69. The molecule has 0 aliphatic carbocycles. The minimum atomic E-state index is -0.396. The molecule has 1 aromatic heterocycles. The standard InChI is InChI=1S/C14H12N4/c1-9-12(6-15)14(11-4-3-5-17-8-11)13(7-16)10(2)18-9/h3-5,8,12,14H,1-2H3. The number of aromatic nitrogens is 1. The smallest absolute Gasteiger partial charge is 0.0973 e. The Morgan fingerprint density at radius 1 is 1.28 bits per heavy atom. The van der Waals surface area contributed by atoms with Crippen LogP contribution in [0.5, 0.6) is 0 Å². The summed E-state index contributed by atoms with van der Waals surface area (Å²) in [6.07, 6.45) is 3.38. The lowest BCUT2D eigenvalue weighted by Crippen LogP contribution is -2.24. The van der Waals surface area contributed by atoms with Crippen LogP contribution in [0.3, 0.4) is 0 Å². The molecular formula is C14H12N4. The highest BCUT2D eigenvalue weighted by Crippen LogP contribution is 2.37. The van der Waals surface area contributed by atoms with Crippen molar-refractivity contribution in [1.29, 1.82) is 10.5 Å². The van der Waals surface area contributed by atoms with Gasteiger partial charge in [0.1, 0.15) is 0 Å². The van der Waals surface area contributed by atoms with Crippen LogP contribution in [-0.4, -0.2) is 10.7 Å². The van der Waals surface area contributed by atoms with Crippen molar-refractivity contribution in [2.24, 2.45) is 10.9 Å². The molecule has 18 heavy (non-hydrogen) atoms. The minimum Gasteiger partial charge on any atom is -0.264 e. The summed E-state index contributed by atoms with van der Waals surface area (Å²) in [6.45, 7) is 3.63. The summed E-state index contributed by atoms with van der Waals surface area (Å²) < 4.78 is 0. The zero-order chi connectivity index (χ0) is 13.1. The van der Waals surface area contributed by atoms with E-state index in [1.165, 1.54) is 0 Å². The van der Waals surface area contributed by atoms with Crippen LogP contribution in [0.1, 0.15) is 25.3 Å². The molecule has 0 saturated carbocycles. The van der Waals surface area contributed by atoms with Gasteiger partial charge in [0, 0.05) is 24.0 Å². The van der Waals surface area contributed by atoms with E-state index in [0.717, 1.165) is 11.3 Å². The molecule has 0 aromatic carbocycles. The monoisotopic (exact) mass is 236 g/mol. The molecule has 0 saturated heterocycles. The van der Waals surface area contributed by atoms with Crippen molar-refractivity contribution in [3.05, 3.63) is 41.4 Å². The summed E-state index contributed by atoms with van der Waals surface area (Å²) in [5.74, 6) is -0.654. The van der Waals surface area contributed by atoms with Crippen LogP contribution in [0.15, 0.2) is 40.8 Å². The van der Waals surface area contributed by atoms with Crippen molar-refractivity contribution in [3.8, 4) is 12.1 Å². The maximum atomic E-state index is 9.31. The Morgan fingerprint density at radius 2 is 2.06 bits per heavy atom. The van der Waals surface area contributed by atoms with Gasteiger partial charge in [0.15, 0.2) is 0 Å². The first-order valence-electron chi connectivity index (χ1n) is 5.64. The molecule has 88 valence electrons. The molecule has 0 fully saturated rings. The zero-order valence-electron chi connectivity index (χ0n) is 10.3. The van der Waals surface area contributed by atoms with E-state index in [9.17, 15) is 10.5 Å². The molecule has 2 heterocycles. The molecule has 0 radical (unpaired) electrons. The Morgan fingerprint density at radius 3 is 2.61 bits per heavy atom. The van der Waals surface area contributed by atoms with Crippen molar-refractivity contribution in [2.75, 3.05) is 0 Å². The summed E-state index contributed by atoms with van der Waals surface area (Å²) in [6, 6.07) is 8.13. The first-order valence-corrected chi connectivity index (χ1v) is 5.64. The van der Waals surface area contributed by atoms with E-state index in [2.05, 4.69) is 22.1 Å². The second-order valence-electron chi connectivity index (χ2n) is 4.23. The highest BCUT2D eigenvalue weighted by atomic mass is 14.8. The Bertz CT molecular complexity index is 599. The molecule has 1 aliphatic rings. The Kier molecular flexibility index (Phi) is 3.21. The van der Waals surface area contributed by atoms with Crippen LogP contribution in [0.2, 0.25) is 0 Å². The van der Waals surface area contributed by atoms with Gasteiger partial charge >= 0.3 is 0 Å². The number of aliphatic imine (C=N–C) groups is 1. The Labute approximate surface area is 106 Å². The molecule has 0 spiro atoms. The number of hydrogen-bond donors (Lipinski definition) is 0. The van der Waals surface area contributed by atoms with Gasteiger partial charge in [0.05, 0.1) is 29.3 Å². The van der Waals surface area contributed by atoms with Crippen molar-refractivity contribution in [1.82, 2.24) is 4.98 Å². The van der Waals surface area contributed by atoms with Crippen molar-refractivity contribution >= 4 is 5.71 Å². The van der Waals surface area contributed by atoms with Gasteiger partial charge < -0.3 is 0 Å². The topological polar surface area (TPSA) is 72.8 Å². The third-order valence-corrected chi connectivity index (χ3v) is 3.13. The van der Waals surface area contributed by atoms with Gasteiger partial charge in [0.2, 0.25) is 0 Å². The number of nitrogens with zero attached hydrogens (tertiary/aromatic N) is 4. The van der Waals surface area contributed by atoms with Crippen LogP contribution >= 0.6 is 0 Å². The number of pyridine rings is 1. The van der Waals surface area contributed by atoms with Gasteiger partial charge in [-0.3, -0.25) is 9.98 Å². The fourth-order valence-corrected chi connectivity index (χ4v) is 2.26. The van der Waals surface area contributed by atoms with Crippen molar-refractivity contribution < 1.29 is 0 Å². The highest BCUT2D eigenvalue weighted by Gasteiger charge is 2.33. The predicted octanol–water partition coefficient (Wildman–Crippen LogP) is 2.58. The lowest BCUT2D eigenvalue weighted by atomic mass is 9.77. The van der Waals surface area contributed by atoms with Gasteiger partial charge in [0.25, 0.3) is 0 Å². The van der Waals surface area contributed by atoms with Gasteiger partial charge in [-0.05, 0) is 25.5 Å². The lowest BCUT2D eigenvalue weighted by Gasteiger charge is -2.26. The number of hydrogen-bond acceptors (Lipinski definition) is 4. The van der Waals surface area contributed by atoms with Crippen LogP contribution in [0, 0.1) is 28.6 Å².